The van der Waals surface area contributed by atoms with Gasteiger partial charge in [0.05, 0.1) is 12.0 Å². The number of nitrogens with zero attached hydrogens (tertiary/aromatic N) is 2. The van der Waals surface area contributed by atoms with Crippen LogP contribution in [-0.4, -0.2) is 41.3 Å². The second-order valence-electron chi connectivity index (χ2n) is 4.94. The number of amidine groups is 1. The van der Waals surface area contributed by atoms with Crippen molar-refractivity contribution >= 4 is 28.9 Å². The Bertz CT molecular complexity index is 634. The van der Waals surface area contributed by atoms with Crippen molar-refractivity contribution < 1.29 is 14.6 Å². The van der Waals surface area contributed by atoms with Gasteiger partial charge in [-0.1, -0.05) is 6.07 Å². The number of phenolic OH excluding ortho intramolecular Hbond substituents is 1. The van der Waals surface area contributed by atoms with E-state index in [2.05, 4.69) is 9.89 Å². The number of thioether (sulfide) groups is 1. The van der Waals surface area contributed by atoms with Gasteiger partial charge in [0.25, 0.3) is 5.91 Å². The van der Waals surface area contributed by atoms with E-state index in [4.69, 9.17) is 4.74 Å². The van der Waals surface area contributed by atoms with Crippen molar-refractivity contribution in [2.45, 2.75) is 12.8 Å². The molecule has 1 amide bonds. The third-order valence-corrected chi connectivity index (χ3v) is 4.53. The molecule has 0 atom stereocenters. The molecule has 0 unspecified atom stereocenters. The Balaban J connectivity index is 1.80. The van der Waals surface area contributed by atoms with Crippen LogP contribution in [0.15, 0.2) is 28.1 Å². The number of rotatable bonds is 2. The van der Waals surface area contributed by atoms with Crippen LogP contribution >= 0.6 is 11.8 Å². The van der Waals surface area contributed by atoms with Crippen LogP contribution in [0.2, 0.25) is 0 Å². The average molecular weight is 304 g/mol. The molecule has 2 aliphatic heterocycles. The van der Waals surface area contributed by atoms with Gasteiger partial charge >= 0.3 is 0 Å². The minimum atomic E-state index is -0.200. The number of benzene rings is 1. The van der Waals surface area contributed by atoms with E-state index in [0.717, 1.165) is 36.7 Å². The van der Waals surface area contributed by atoms with Crippen LogP contribution in [0.5, 0.6) is 11.5 Å². The van der Waals surface area contributed by atoms with Crippen molar-refractivity contribution in [2.75, 3.05) is 20.2 Å². The highest BCUT2D eigenvalue weighted by Crippen LogP contribution is 2.33. The van der Waals surface area contributed by atoms with Crippen molar-refractivity contribution in [3.63, 3.8) is 0 Å². The molecule has 0 aliphatic carbocycles. The Kier molecular flexibility index (Phi) is 3.88. The fourth-order valence-electron chi connectivity index (χ4n) is 2.38. The van der Waals surface area contributed by atoms with Gasteiger partial charge < -0.3 is 14.7 Å². The largest absolute Gasteiger partial charge is 0.504 e. The number of hydrogen-bond acceptors (Lipinski definition) is 5. The number of carbonyl (C=O) groups is 1. The summed E-state index contributed by atoms with van der Waals surface area (Å²) in [4.78, 5) is 18.9. The summed E-state index contributed by atoms with van der Waals surface area (Å²) in [5.41, 5.74) is 0.804. The lowest BCUT2D eigenvalue weighted by Gasteiger charge is -2.14. The molecule has 2 aliphatic rings. The number of aromatic hydroxyl groups is 1. The molecule has 1 N–H and O–H groups in total. The first-order valence-electron chi connectivity index (χ1n) is 6.82. The minimum absolute atomic E-state index is 0.0825. The van der Waals surface area contributed by atoms with Gasteiger partial charge in [-0.2, -0.15) is 4.99 Å². The second-order valence-corrected chi connectivity index (χ2v) is 5.94. The number of likely N-dealkylation sites (tertiary alicyclic amines) is 1. The topological polar surface area (TPSA) is 62.1 Å². The van der Waals surface area contributed by atoms with Gasteiger partial charge in [0.15, 0.2) is 16.7 Å². The van der Waals surface area contributed by atoms with Gasteiger partial charge in [0, 0.05) is 13.1 Å². The zero-order valence-electron chi connectivity index (χ0n) is 11.7. The Morgan fingerprint density at radius 3 is 2.86 bits per heavy atom. The number of ether oxygens (including phenoxy) is 1. The van der Waals surface area contributed by atoms with E-state index in [1.54, 1.807) is 24.3 Å². The molecule has 1 aromatic carbocycles. The van der Waals surface area contributed by atoms with Gasteiger partial charge in [-0.15, -0.1) is 0 Å². The number of hydrogen-bond donors (Lipinski definition) is 1. The van der Waals surface area contributed by atoms with Gasteiger partial charge in [0.1, 0.15) is 0 Å². The Labute approximate surface area is 127 Å². The molecule has 3 rings (SSSR count). The van der Waals surface area contributed by atoms with E-state index in [-0.39, 0.29) is 11.7 Å². The third-order valence-electron chi connectivity index (χ3n) is 3.49. The lowest BCUT2D eigenvalue weighted by atomic mass is 10.2. The number of phenols is 1. The molecule has 0 bridgehead atoms. The average Bonchev–Trinajstić information content (AvgIpc) is 3.11. The summed E-state index contributed by atoms with van der Waals surface area (Å²) in [6, 6.07) is 4.99. The van der Waals surface area contributed by atoms with Crippen LogP contribution in [0.1, 0.15) is 18.4 Å². The Morgan fingerprint density at radius 1 is 1.38 bits per heavy atom. The smallest absolute Gasteiger partial charge is 0.286 e. The molecule has 0 saturated carbocycles. The van der Waals surface area contributed by atoms with E-state index in [1.807, 2.05) is 0 Å². The quantitative estimate of drug-likeness (QED) is 0.850. The molecule has 0 spiro atoms. The zero-order chi connectivity index (χ0) is 14.8. The van der Waals surface area contributed by atoms with E-state index < -0.39 is 0 Å². The standard InChI is InChI=1S/C15H16N2O3S/c1-20-12-8-10(4-5-11(12)18)9-13-14(19)16-15(21-13)17-6-2-3-7-17/h4-5,8-9,18H,2-3,6-7H2,1H3/b13-9+. The summed E-state index contributed by atoms with van der Waals surface area (Å²) >= 11 is 1.41. The van der Waals surface area contributed by atoms with Gasteiger partial charge in [-0.25, -0.2) is 0 Å². The number of aliphatic imine (C=N–C) groups is 1. The summed E-state index contributed by atoms with van der Waals surface area (Å²) in [5.74, 6) is 0.272. The van der Waals surface area contributed by atoms with Crippen molar-refractivity contribution in [1.82, 2.24) is 4.90 Å². The molecule has 6 heteroatoms. The molecule has 0 radical (unpaired) electrons. The lowest BCUT2D eigenvalue weighted by Crippen LogP contribution is -2.23. The van der Waals surface area contributed by atoms with Crippen molar-refractivity contribution in [3.8, 4) is 11.5 Å². The molecule has 1 saturated heterocycles. The molecular weight excluding hydrogens is 288 g/mol. The van der Waals surface area contributed by atoms with Crippen LogP contribution in [0.3, 0.4) is 0 Å². The number of carbonyl (C=O) groups excluding carboxylic acids is 1. The molecule has 5 nitrogen and oxygen atoms in total. The van der Waals surface area contributed by atoms with Gasteiger partial charge in [-0.3, -0.25) is 4.79 Å². The highest BCUT2D eigenvalue weighted by atomic mass is 32.2. The first-order valence-corrected chi connectivity index (χ1v) is 7.63. The summed E-state index contributed by atoms with van der Waals surface area (Å²) in [6.45, 7) is 1.94. The van der Waals surface area contributed by atoms with Crippen molar-refractivity contribution in [3.05, 3.63) is 28.7 Å². The maximum Gasteiger partial charge on any atom is 0.286 e. The molecule has 1 aromatic rings. The molecule has 2 heterocycles. The summed E-state index contributed by atoms with van der Waals surface area (Å²) in [7, 11) is 1.50. The summed E-state index contributed by atoms with van der Waals surface area (Å²) in [5, 5.41) is 10.4. The zero-order valence-corrected chi connectivity index (χ0v) is 12.5. The van der Waals surface area contributed by atoms with Gasteiger partial charge in [-0.05, 0) is 48.4 Å². The third kappa shape index (κ3) is 2.90. The van der Waals surface area contributed by atoms with Crippen LogP contribution in [0, 0.1) is 0 Å². The summed E-state index contributed by atoms with van der Waals surface area (Å²) < 4.78 is 5.07. The Hall–Kier alpha value is -1.95. The first kappa shape index (κ1) is 14.0. The normalized spacial score (nSPS) is 20.2. The predicted octanol–water partition coefficient (Wildman–Crippen LogP) is 2.47. The molecule has 1 fully saturated rings. The monoisotopic (exact) mass is 304 g/mol. The van der Waals surface area contributed by atoms with Crippen molar-refractivity contribution in [1.29, 1.82) is 0 Å². The fraction of sp³-hybridized carbons (Fsp3) is 0.333. The molecule has 110 valence electrons. The summed E-state index contributed by atoms with van der Waals surface area (Å²) in [6.07, 6.45) is 4.09. The van der Waals surface area contributed by atoms with Crippen LogP contribution in [0.25, 0.3) is 6.08 Å². The van der Waals surface area contributed by atoms with Gasteiger partial charge in [0.2, 0.25) is 0 Å². The van der Waals surface area contributed by atoms with Crippen LogP contribution in [0.4, 0.5) is 0 Å². The number of amides is 1. The Morgan fingerprint density at radius 2 is 2.14 bits per heavy atom. The predicted molar refractivity (Wildman–Crippen MR) is 83.5 cm³/mol. The fourth-order valence-corrected chi connectivity index (χ4v) is 3.34. The molecule has 0 aromatic heterocycles. The maximum absolute atomic E-state index is 12.0. The van der Waals surface area contributed by atoms with E-state index in [9.17, 15) is 9.90 Å². The highest BCUT2D eigenvalue weighted by molar-refractivity contribution is 8.18. The minimum Gasteiger partial charge on any atom is -0.504 e. The second kappa shape index (κ2) is 5.81. The lowest BCUT2D eigenvalue weighted by molar-refractivity contribution is -0.113. The SMILES string of the molecule is COc1cc(/C=C2/SC(N3CCCC3)=NC2=O)ccc1O. The van der Waals surface area contributed by atoms with Crippen LogP contribution < -0.4 is 4.74 Å². The maximum atomic E-state index is 12.0. The van der Waals surface area contributed by atoms with Crippen LogP contribution in [-0.2, 0) is 4.79 Å². The van der Waals surface area contributed by atoms with Crippen molar-refractivity contribution in [2.24, 2.45) is 4.99 Å². The highest BCUT2D eigenvalue weighted by Gasteiger charge is 2.27. The number of methoxy groups -OCH3 is 1. The van der Waals surface area contributed by atoms with E-state index in [0.29, 0.717) is 10.7 Å². The van der Waals surface area contributed by atoms with E-state index >= 15 is 0 Å². The first-order chi connectivity index (χ1) is 10.2. The molecular formula is C15H16N2O3S. The molecule has 21 heavy (non-hydrogen) atoms. The van der Waals surface area contributed by atoms with E-state index in [1.165, 1.54) is 18.9 Å².